The number of nitrogens with zero attached hydrogens (tertiary/aromatic N) is 3. The van der Waals surface area contributed by atoms with Crippen molar-refractivity contribution < 1.29 is 14.3 Å². The molecule has 30 heavy (non-hydrogen) atoms. The molecule has 2 saturated carbocycles. The molecular weight excluding hydrogens is 380 g/mol. The first-order valence-electron chi connectivity index (χ1n) is 10.9. The third kappa shape index (κ3) is 3.26. The largest absolute Gasteiger partial charge is 0.496 e. The number of para-hydroxylation sites is 1. The summed E-state index contributed by atoms with van der Waals surface area (Å²) < 4.78 is 7.19. The maximum absolute atomic E-state index is 12.8. The van der Waals surface area contributed by atoms with Gasteiger partial charge in [0.1, 0.15) is 11.6 Å². The maximum Gasteiger partial charge on any atom is 0.260 e. The molecule has 1 aromatic carbocycles. The molecule has 2 heterocycles. The zero-order valence-electron chi connectivity index (χ0n) is 17.3. The minimum Gasteiger partial charge on any atom is -0.496 e. The van der Waals surface area contributed by atoms with Gasteiger partial charge >= 0.3 is 0 Å². The van der Waals surface area contributed by atoms with Crippen molar-refractivity contribution in [2.75, 3.05) is 25.5 Å². The summed E-state index contributed by atoms with van der Waals surface area (Å²) in [6, 6.07) is 9.15. The van der Waals surface area contributed by atoms with Gasteiger partial charge in [-0.1, -0.05) is 18.6 Å². The summed E-state index contributed by atoms with van der Waals surface area (Å²) in [4.78, 5) is 27.6. The average molecular weight is 409 g/mol. The second-order valence-corrected chi connectivity index (χ2v) is 8.84. The lowest BCUT2D eigenvalue weighted by molar-refractivity contribution is -0.135. The summed E-state index contributed by atoms with van der Waals surface area (Å²) in [7, 11) is 1.56. The second kappa shape index (κ2) is 7.45. The van der Waals surface area contributed by atoms with E-state index in [9.17, 15) is 9.59 Å². The fraction of sp³-hybridized carbons (Fsp3) is 0.522. The van der Waals surface area contributed by atoms with Gasteiger partial charge in [0.05, 0.1) is 24.9 Å². The molecule has 5 rings (SSSR count). The molecule has 2 aliphatic carbocycles. The molecule has 158 valence electrons. The van der Waals surface area contributed by atoms with Crippen LogP contribution in [0.3, 0.4) is 0 Å². The van der Waals surface area contributed by atoms with E-state index in [-0.39, 0.29) is 17.9 Å². The summed E-state index contributed by atoms with van der Waals surface area (Å²) in [5.74, 6) is 1.63. The number of likely N-dealkylation sites (tertiary alicyclic amines) is 1. The molecule has 1 aromatic heterocycles. The number of methoxy groups -OCH3 is 1. The Kier molecular flexibility index (Phi) is 4.76. The topological polar surface area (TPSA) is 76.5 Å². The van der Waals surface area contributed by atoms with Crippen molar-refractivity contribution >= 4 is 17.6 Å². The number of hydrogen-bond acceptors (Lipinski definition) is 4. The van der Waals surface area contributed by atoms with Crippen LogP contribution in [0.15, 0.2) is 36.5 Å². The molecular formula is C23H28N4O3. The van der Waals surface area contributed by atoms with E-state index in [1.54, 1.807) is 25.4 Å². The monoisotopic (exact) mass is 408 g/mol. The summed E-state index contributed by atoms with van der Waals surface area (Å²) in [6.07, 6.45) is 8.28. The molecule has 3 aliphatic rings. The molecule has 1 spiro atoms. The quantitative estimate of drug-likeness (QED) is 0.822. The Labute approximate surface area is 176 Å². The molecule has 7 heteroatoms. The van der Waals surface area contributed by atoms with E-state index in [0.717, 1.165) is 32.4 Å². The van der Waals surface area contributed by atoms with Crippen molar-refractivity contribution in [1.29, 1.82) is 0 Å². The van der Waals surface area contributed by atoms with Crippen molar-refractivity contribution in [1.82, 2.24) is 14.7 Å². The summed E-state index contributed by atoms with van der Waals surface area (Å²) >= 11 is 0. The van der Waals surface area contributed by atoms with Crippen LogP contribution in [-0.4, -0.2) is 46.7 Å². The van der Waals surface area contributed by atoms with E-state index in [4.69, 9.17) is 4.74 Å². The molecule has 0 radical (unpaired) electrons. The summed E-state index contributed by atoms with van der Waals surface area (Å²) in [5.41, 5.74) is 0.869. The van der Waals surface area contributed by atoms with Crippen LogP contribution < -0.4 is 10.1 Å². The number of anilines is 1. The molecule has 1 atom stereocenters. The number of benzene rings is 1. The predicted molar refractivity (Wildman–Crippen MR) is 112 cm³/mol. The first kappa shape index (κ1) is 19.2. The minimum atomic E-state index is -0.221. The van der Waals surface area contributed by atoms with Crippen molar-refractivity contribution in [3.8, 4) is 5.75 Å². The Balaban J connectivity index is 1.21. The molecule has 1 N–H and O–H groups in total. The Bertz CT molecular complexity index is 957. The van der Waals surface area contributed by atoms with Crippen LogP contribution in [0.4, 0.5) is 5.82 Å². The number of hydrogen-bond donors (Lipinski definition) is 1. The van der Waals surface area contributed by atoms with Gasteiger partial charge in [-0.15, -0.1) is 0 Å². The molecule has 1 aliphatic heterocycles. The molecule has 7 nitrogen and oxygen atoms in total. The molecule has 1 unspecified atom stereocenters. The number of carbonyl (C=O) groups excluding carboxylic acids is 2. The number of amides is 2. The lowest BCUT2D eigenvalue weighted by Gasteiger charge is -2.34. The first-order valence-corrected chi connectivity index (χ1v) is 10.9. The minimum absolute atomic E-state index is 0.175. The van der Waals surface area contributed by atoms with E-state index < -0.39 is 0 Å². The Morgan fingerprint density at radius 1 is 1.17 bits per heavy atom. The summed E-state index contributed by atoms with van der Waals surface area (Å²) in [5, 5.41) is 7.43. The van der Waals surface area contributed by atoms with Crippen LogP contribution in [0.1, 0.15) is 54.9 Å². The van der Waals surface area contributed by atoms with Gasteiger partial charge in [-0.2, -0.15) is 5.10 Å². The van der Waals surface area contributed by atoms with E-state index >= 15 is 0 Å². The Morgan fingerprint density at radius 3 is 2.60 bits per heavy atom. The highest BCUT2D eigenvalue weighted by molar-refractivity contribution is 6.05. The smallest absolute Gasteiger partial charge is 0.260 e. The number of rotatable bonds is 5. The molecule has 1 saturated heterocycles. The van der Waals surface area contributed by atoms with Gasteiger partial charge in [-0.25, -0.2) is 4.68 Å². The highest BCUT2D eigenvalue weighted by Crippen LogP contribution is 2.66. The van der Waals surface area contributed by atoms with Gasteiger partial charge in [0.25, 0.3) is 5.91 Å². The highest BCUT2D eigenvalue weighted by Gasteiger charge is 2.61. The van der Waals surface area contributed by atoms with E-state index in [1.807, 2.05) is 27.8 Å². The van der Waals surface area contributed by atoms with Gasteiger partial charge in [-0.05, 0) is 49.7 Å². The molecule has 2 aromatic rings. The Morgan fingerprint density at radius 2 is 1.93 bits per heavy atom. The van der Waals surface area contributed by atoms with Crippen molar-refractivity contribution in [3.05, 3.63) is 42.1 Å². The lowest BCUT2D eigenvalue weighted by Crippen LogP contribution is -2.41. The van der Waals surface area contributed by atoms with Gasteiger partial charge in [0.2, 0.25) is 5.91 Å². The average Bonchev–Trinajstić information content (AvgIpc) is 3.38. The molecule has 3 fully saturated rings. The number of aromatic nitrogens is 2. The number of piperidine rings is 1. The van der Waals surface area contributed by atoms with Gasteiger partial charge in [0.15, 0.2) is 0 Å². The third-order valence-corrected chi connectivity index (χ3v) is 7.22. The standard InChI is InChI=1S/C23H28N4O3/c1-30-19-6-3-2-5-17(19)21(28)25-20-7-12-24-27(20)16-8-13-26(14-9-16)22(29)18-15-23(18)10-4-11-23/h2-3,5-7,12,16,18H,4,8-11,13-15H2,1H3,(H,25,28). The lowest BCUT2D eigenvalue weighted by atomic mass is 9.79. The molecule has 2 amide bonds. The summed E-state index contributed by atoms with van der Waals surface area (Å²) in [6.45, 7) is 1.52. The fourth-order valence-electron chi connectivity index (χ4n) is 5.15. The van der Waals surface area contributed by atoms with E-state index in [1.165, 1.54) is 19.3 Å². The van der Waals surface area contributed by atoms with Crippen molar-refractivity contribution in [2.24, 2.45) is 11.3 Å². The normalized spacial score (nSPS) is 22.4. The molecule has 0 bridgehead atoms. The van der Waals surface area contributed by atoms with Crippen LogP contribution >= 0.6 is 0 Å². The van der Waals surface area contributed by atoms with Crippen LogP contribution in [0.25, 0.3) is 0 Å². The third-order valence-electron chi connectivity index (χ3n) is 7.22. The van der Waals surface area contributed by atoms with Gasteiger partial charge < -0.3 is 15.0 Å². The van der Waals surface area contributed by atoms with Gasteiger partial charge in [-0.3, -0.25) is 9.59 Å². The van der Waals surface area contributed by atoms with Crippen LogP contribution in [-0.2, 0) is 4.79 Å². The zero-order valence-corrected chi connectivity index (χ0v) is 17.3. The van der Waals surface area contributed by atoms with E-state index in [2.05, 4.69) is 10.4 Å². The number of nitrogens with one attached hydrogen (secondary N) is 1. The predicted octanol–water partition coefficient (Wildman–Crippen LogP) is 3.50. The van der Waals surface area contributed by atoms with Crippen LogP contribution in [0, 0.1) is 11.3 Å². The van der Waals surface area contributed by atoms with Crippen LogP contribution in [0.5, 0.6) is 5.75 Å². The van der Waals surface area contributed by atoms with E-state index in [0.29, 0.717) is 28.5 Å². The maximum atomic E-state index is 12.8. The second-order valence-electron chi connectivity index (χ2n) is 8.84. The first-order chi connectivity index (χ1) is 14.6. The number of carbonyl (C=O) groups is 2. The van der Waals surface area contributed by atoms with Gasteiger partial charge in [0, 0.05) is 25.1 Å². The highest BCUT2D eigenvalue weighted by atomic mass is 16.5. The fourth-order valence-corrected chi connectivity index (χ4v) is 5.15. The van der Waals surface area contributed by atoms with Crippen molar-refractivity contribution in [2.45, 2.75) is 44.6 Å². The van der Waals surface area contributed by atoms with Crippen LogP contribution in [0.2, 0.25) is 0 Å². The zero-order chi connectivity index (χ0) is 20.7. The Hall–Kier alpha value is -2.83. The van der Waals surface area contributed by atoms with Crippen molar-refractivity contribution in [3.63, 3.8) is 0 Å². The number of ether oxygens (including phenoxy) is 1. The SMILES string of the molecule is COc1ccccc1C(=O)Nc1ccnn1C1CCN(C(=O)C2CC23CCC3)CC1.